The van der Waals surface area contributed by atoms with Gasteiger partial charge in [0.1, 0.15) is 0 Å². The van der Waals surface area contributed by atoms with Crippen LogP contribution in [0.1, 0.15) is 24.0 Å². The summed E-state index contributed by atoms with van der Waals surface area (Å²) < 4.78 is 27.7. The van der Waals surface area contributed by atoms with Gasteiger partial charge in [-0.15, -0.1) is 0 Å². The average molecular weight is 412 g/mol. The van der Waals surface area contributed by atoms with Crippen molar-refractivity contribution in [1.29, 1.82) is 0 Å². The Balaban J connectivity index is 1.59. The normalized spacial score (nSPS) is 18.4. The van der Waals surface area contributed by atoms with Crippen molar-refractivity contribution < 1.29 is 13.3 Å². The molecule has 1 aliphatic heterocycles. The highest BCUT2D eigenvalue weighted by atomic mass is 32.2. The zero-order valence-electron chi connectivity index (χ0n) is 16.3. The predicted molar refractivity (Wildman–Crippen MR) is 112 cm³/mol. The number of hydrogen-bond acceptors (Lipinski definition) is 3. The van der Waals surface area contributed by atoms with E-state index in [1.165, 1.54) is 22.4 Å². The van der Waals surface area contributed by atoms with Crippen molar-refractivity contribution in [1.82, 2.24) is 14.5 Å². The van der Waals surface area contributed by atoms with Gasteiger partial charge in [0.25, 0.3) is 0 Å². The van der Waals surface area contributed by atoms with Crippen LogP contribution in [0.15, 0.2) is 23.1 Å². The maximum Gasteiger partial charge on any atom is 0.243 e. The summed E-state index contributed by atoms with van der Waals surface area (Å²) in [5, 5.41) is 4.00. The van der Waals surface area contributed by atoms with E-state index < -0.39 is 10.0 Å². The van der Waals surface area contributed by atoms with Gasteiger partial charge in [-0.05, 0) is 61.2 Å². The molecular formula is C19H31N4O2S2+. The van der Waals surface area contributed by atoms with E-state index in [2.05, 4.69) is 24.3 Å². The molecule has 0 bridgehead atoms. The van der Waals surface area contributed by atoms with E-state index in [-0.39, 0.29) is 0 Å². The number of rotatable bonds is 5. The first-order valence-corrected chi connectivity index (χ1v) is 11.7. The lowest BCUT2D eigenvalue weighted by atomic mass is 9.92. The van der Waals surface area contributed by atoms with Crippen LogP contribution in [0, 0.1) is 0 Å². The summed E-state index contributed by atoms with van der Waals surface area (Å²) in [7, 11) is 0.779. The highest BCUT2D eigenvalue weighted by Crippen LogP contribution is 2.26. The van der Waals surface area contributed by atoms with Crippen LogP contribution < -0.4 is 10.2 Å². The van der Waals surface area contributed by atoms with Gasteiger partial charge in [0.15, 0.2) is 5.11 Å². The lowest BCUT2D eigenvalue weighted by molar-refractivity contribution is -0.856. The second-order valence-electron chi connectivity index (χ2n) is 7.72. The molecule has 6 nitrogen and oxygen atoms in total. The smallest absolute Gasteiger partial charge is 0.243 e. The Bertz CT molecular complexity index is 772. The summed E-state index contributed by atoms with van der Waals surface area (Å²) in [4.78, 5) is 3.87. The van der Waals surface area contributed by atoms with E-state index >= 15 is 0 Å². The molecule has 0 aromatic heterocycles. The Labute approximate surface area is 168 Å². The first-order chi connectivity index (χ1) is 12.9. The van der Waals surface area contributed by atoms with E-state index in [9.17, 15) is 8.42 Å². The molecule has 0 spiro atoms. The van der Waals surface area contributed by atoms with Crippen LogP contribution in [0.3, 0.4) is 0 Å². The van der Waals surface area contributed by atoms with E-state index in [0.29, 0.717) is 31.1 Å². The first kappa shape index (κ1) is 20.5. The SMILES string of the molecule is C[NH+](C)CCNC(=S)N1CCN(S(=O)(=O)c2ccc3c(c2)CCCC3)CC1. The number of aryl methyl sites for hydroxylation is 2. The topological polar surface area (TPSA) is 57.1 Å². The van der Waals surface area contributed by atoms with Gasteiger partial charge in [0, 0.05) is 26.2 Å². The molecule has 27 heavy (non-hydrogen) atoms. The molecule has 0 radical (unpaired) electrons. The zero-order valence-corrected chi connectivity index (χ0v) is 18.0. The molecule has 150 valence electrons. The summed E-state index contributed by atoms with van der Waals surface area (Å²) in [5.74, 6) is 0. The van der Waals surface area contributed by atoms with E-state index in [1.54, 1.807) is 10.4 Å². The molecule has 1 fully saturated rings. The van der Waals surface area contributed by atoms with Crippen LogP contribution in [0.25, 0.3) is 0 Å². The van der Waals surface area contributed by atoms with Gasteiger partial charge in [-0.3, -0.25) is 0 Å². The summed E-state index contributed by atoms with van der Waals surface area (Å²) in [6.07, 6.45) is 4.40. The number of fused-ring (bicyclic) bond motifs is 1. The minimum atomic E-state index is -3.43. The molecule has 1 aromatic rings. The molecule has 1 saturated heterocycles. The Morgan fingerprint density at radius 1 is 1.11 bits per heavy atom. The number of thiocarbonyl (C=S) groups is 1. The van der Waals surface area contributed by atoms with Gasteiger partial charge in [-0.25, -0.2) is 8.42 Å². The van der Waals surface area contributed by atoms with Crippen LogP contribution in [0.4, 0.5) is 0 Å². The number of nitrogens with one attached hydrogen (secondary N) is 2. The molecule has 2 N–H and O–H groups in total. The van der Waals surface area contributed by atoms with Crippen LogP contribution in [0.2, 0.25) is 0 Å². The third-order valence-electron chi connectivity index (χ3n) is 5.38. The van der Waals surface area contributed by atoms with Crippen LogP contribution in [-0.4, -0.2) is 76.1 Å². The minimum absolute atomic E-state index is 0.436. The highest BCUT2D eigenvalue weighted by molar-refractivity contribution is 7.89. The maximum atomic E-state index is 13.1. The van der Waals surface area contributed by atoms with Crippen LogP contribution in [0.5, 0.6) is 0 Å². The predicted octanol–water partition coefficient (Wildman–Crippen LogP) is -0.109. The Morgan fingerprint density at radius 2 is 1.78 bits per heavy atom. The second kappa shape index (κ2) is 8.86. The fourth-order valence-corrected chi connectivity index (χ4v) is 5.44. The molecule has 1 heterocycles. The number of benzene rings is 1. The molecule has 0 atom stereocenters. The Morgan fingerprint density at radius 3 is 2.44 bits per heavy atom. The van der Waals surface area contributed by atoms with Crippen LogP contribution >= 0.6 is 12.2 Å². The summed E-state index contributed by atoms with van der Waals surface area (Å²) in [5.41, 5.74) is 2.51. The second-order valence-corrected chi connectivity index (χ2v) is 10.0. The fourth-order valence-electron chi connectivity index (χ4n) is 3.68. The highest BCUT2D eigenvalue weighted by Gasteiger charge is 2.29. The van der Waals surface area contributed by atoms with Crippen molar-refractivity contribution in [2.45, 2.75) is 30.6 Å². The van der Waals surface area contributed by atoms with Crippen molar-refractivity contribution in [3.8, 4) is 0 Å². The van der Waals surface area contributed by atoms with Gasteiger partial charge >= 0.3 is 0 Å². The fraction of sp³-hybridized carbons (Fsp3) is 0.632. The minimum Gasteiger partial charge on any atom is -0.357 e. The van der Waals surface area contributed by atoms with Crippen molar-refractivity contribution in [3.63, 3.8) is 0 Å². The lowest BCUT2D eigenvalue weighted by Gasteiger charge is -2.35. The van der Waals surface area contributed by atoms with Gasteiger partial charge in [0.05, 0.1) is 32.1 Å². The monoisotopic (exact) mass is 411 g/mol. The molecular weight excluding hydrogens is 380 g/mol. The number of hydrogen-bond donors (Lipinski definition) is 2. The quantitative estimate of drug-likeness (QED) is 0.663. The standard InChI is InChI=1S/C19H30N4O2S2/c1-21(2)10-9-20-19(26)22-11-13-23(14-12-22)27(24,25)18-8-7-16-5-3-4-6-17(16)15-18/h7-8,15H,3-6,9-14H2,1-2H3,(H,20,26)/p+1. The Kier molecular flexibility index (Phi) is 6.73. The third-order valence-corrected chi connectivity index (χ3v) is 7.68. The number of likely N-dealkylation sites (N-methyl/N-ethyl adjacent to an activating group) is 1. The molecule has 0 saturated carbocycles. The Hall–Kier alpha value is -1.22. The molecule has 3 rings (SSSR count). The number of nitrogens with zero attached hydrogens (tertiary/aromatic N) is 2. The van der Waals surface area contributed by atoms with E-state index in [1.807, 2.05) is 12.1 Å². The molecule has 1 aliphatic carbocycles. The third kappa shape index (κ3) is 4.99. The number of sulfonamides is 1. The summed E-state index contributed by atoms with van der Waals surface area (Å²) >= 11 is 5.46. The molecule has 0 unspecified atom stereocenters. The molecule has 1 aromatic carbocycles. The number of quaternary nitrogens is 1. The average Bonchev–Trinajstić information content (AvgIpc) is 2.67. The lowest BCUT2D eigenvalue weighted by Crippen LogP contribution is -3.06. The summed E-state index contributed by atoms with van der Waals surface area (Å²) in [6.45, 7) is 4.03. The van der Waals surface area contributed by atoms with Gasteiger partial charge in [0.2, 0.25) is 10.0 Å². The van der Waals surface area contributed by atoms with Gasteiger partial charge in [-0.1, -0.05) is 6.07 Å². The maximum absolute atomic E-state index is 13.1. The first-order valence-electron chi connectivity index (χ1n) is 9.81. The largest absolute Gasteiger partial charge is 0.357 e. The van der Waals surface area contributed by atoms with Crippen molar-refractivity contribution in [2.24, 2.45) is 0 Å². The molecule has 8 heteroatoms. The van der Waals surface area contributed by atoms with Crippen LogP contribution in [-0.2, 0) is 22.9 Å². The van der Waals surface area contributed by atoms with Crippen molar-refractivity contribution in [3.05, 3.63) is 29.3 Å². The van der Waals surface area contributed by atoms with Gasteiger partial charge in [-0.2, -0.15) is 4.31 Å². The molecule has 2 aliphatic rings. The molecule has 0 amide bonds. The van der Waals surface area contributed by atoms with Crippen molar-refractivity contribution >= 4 is 27.4 Å². The summed E-state index contributed by atoms with van der Waals surface area (Å²) in [6, 6.07) is 5.68. The zero-order chi connectivity index (χ0) is 19.4. The van der Waals surface area contributed by atoms with E-state index in [0.717, 1.165) is 37.5 Å². The van der Waals surface area contributed by atoms with Crippen molar-refractivity contribution in [2.75, 3.05) is 53.4 Å². The van der Waals surface area contributed by atoms with E-state index in [4.69, 9.17) is 12.2 Å². The number of piperazine rings is 1. The van der Waals surface area contributed by atoms with Gasteiger partial charge < -0.3 is 15.1 Å².